The molecule has 12 heteroatoms. The normalized spacial score (nSPS) is 25.7. The van der Waals surface area contributed by atoms with Gasteiger partial charge in [0.15, 0.2) is 19.1 Å². The van der Waals surface area contributed by atoms with Gasteiger partial charge in [-0.3, -0.25) is 4.90 Å². The van der Waals surface area contributed by atoms with Crippen molar-refractivity contribution in [3.8, 4) is 0 Å². The van der Waals surface area contributed by atoms with Crippen LogP contribution >= 0.6 is 11.6 Å². The average Bonchev–Trinajstić information content (AvgIpc) is 3.25. The summed E-state index contributed by atoms with van der Waals surface area (Å²) in [4.78, 5) is 18.8. The van der Waals surface area contributed by atoms with E-state index in [4.69, 9.17) is 16.0 Å². The Morgan fingerprint density at radius 2 is 1.91 bits per heavy atom. The molecule has 2 amide bonds. The lowest BCUT2D eigenvalue weighted by atomic mass is 9.87. The summed E-state index contributed by atoms with van der Waals surface area (Å²) in [7, 11) is -2.10. The van der Waals surface area contributed by atoms with Gasteiger partial charge < -0.3 is 9.74 Å². The molecule has 2 aliphatic rings. The zero-order valence-electron chi connectivity index (χ0n) is 21.0. The number of carbonyl (C=O) groups excluding carboxylic acids is 1. The largest absolute Gasteiger partial charge is 0.412 e. The summed E-state index contributed by atoms with van der Waals surface area (Å²) >= 11 is 5.96. The lowest BCUT2D eigenvalue weighted by molar-refractivity contribution is -0.181. The van der Waals surface area contributed by atoms with E-state index in [-0.39, 0.29) is 39.4 Å². The van der Waals surface area contributed by atoms with Crippen LogP contribution in [-0.2, 0) is 9.84 Å². The molecule has 3 heterocycles. The molecule has 1 fully saturated rings. The van der Waals surface area contributed by atoms with Crippen molar-refractivity contribution in [3.05, 3.63) is 23.1 Å². The van der Waals surface area contributed by atoms with Crippen LogP contribution in [0.3, 0.4) is 0 Å². The Morgan fingerprint density at radius 3 is 2.54 bits per heavy atom. The van der Waals surface area contributed by atoms with E-state index in [1.807, 2.05) is 0 Å². The van der Waals surface area contributed by atoms with Gasteiger partial charge in [-0.25, -0.2) is 14.3 Å². The highest BCUT2D eigenvalue weighted by atomic mass is 35.5. The van der Waals surface area contributed by atoms with E-state index < -0.39 is 32.5 Å². The molecule has 0 spiro atoms. The van der Waals surface area contributed by atoms with E-state index in [1.165, 1.54) is 12.3 Å². The molecular weight excluding hydrogens is 499 g/mol. The summed E-state index contributed by atoms with van der Waals surface area (Å²) < 4.78 is 50.8. The summed E-state index contributed by atoms with van der Waals surface area (Å²) in [6.45, 7) is 11.3. The SMILES string of the molecule is CC(C)(C)[Si](C)(C)O[C@@H]1CCCC[C@H]1NC(=O)N1C[C@@](C)(C(F)(F)F)c2c1cnc1cc(Cl)nn21. The highest BCUT2D eigenvalue weighted by Gasteiger charge is 2.60. The van der Waals surface area contributed by atoms with Crippen LogP contribution in [0.25, 0.3) is 5.65 Å². The molecule has 2 aromatic heterocycles. The van der Waals surface area contributed by atoms with Crippen LogP contribution in [0.15, 0.2) is 12.3 Å². The molecule has 194 valence electrons. The maximum absolute atomic E-state index is 14.3. The number of alkyl halides is 3. The minimum Gasteiger partial charge on any atom is -0.412 e. The third kappa shape index (κ3) is 4.55. The molecule has 0 radical (unpaired) electrons. The topological polar surface area (TPSA) is 71.8 Å². The van der Waals surface area contributed by atoms with Crippen molar-refractivity contribution in [2.24, 2.45) is 0 Å². The maximum atomic E-state index is 14.3. The van der Waals surface area contributed by atoms with Gasteiger partial charge in [0.05, 0.1) is 29.7 Å². The Kier molecular flexibility index (Phi) is 6.46. The second-order valence-electron chi connectivity index (χ2n) is 11.4. The smallest absolute Gasteiger partial charge is 0.401 e. The number of hydrogen-bond donors (Lipinski definition) is 1. The Balaban J connectivity index is 1.65. The zero-order valence-corrected chi connectivity index (χ0v) is 22.7. The quantitative estimate of drug-likeness (QED) is 0.488. The summed E-state index contributed by atoms with van der Waals surface area (Å²) in [5, 5.41) is 7.06. The fraction of sp³-hybridized carbons (Fsp3) is 0.696. The third-order valence-corrected chi connectivity index (χ3v) is 12.5. The standard InChI is InChI=1S/C23H33ClF3N5O2Si/c1-21(2,3)35(5,6)34-16-10-8-7-9-14(16)29-20(33)31-13-22(4,23(25,26)27)19-15(31)12-28-18-11-17(24)30-32(18)19/h11-12,14,16H,7-10,13H2,1-6H3,(H,29,33)/t14-,16-,22-/m1/s1. The van der Waals surface area contributed by atoms with E-state index in [2.05, 4.69) is 49.3 Å². The van der Waals surface area contributed by atoms with E-state index in [1.54, 1.807) is 0 Å². The Morgan fingerprint density at radius 1 is 1.26 bits per heavy atom. The lowest BCUT2D eigenvalue weighted by Crippen LogP contribution is -2.56. The van der Waals surface area contributed by atoms with Gasteiger partial charge in [-0.1, -0.05) is 45.2 Å². The van der Waals surface area contributed by atoms with Crippen molar-refractivity contribution in [1.82, 2.24) is 19.9 Å². The molecule has 1 saturated carbocycles. The van der Waals surface area contributed by atoms with Crippen molar-refractivity contribution < 1.29 is 22.4 Å². The van der Waals surface area contributed by atoms with Gasteiger partial charge >= 0.3 is 12.2 Å². The molecule has 35 heavy (non-hydrogen) atoms. The number of halogens is 4. The number of nitrogens with one attached hydrogen (secondary N) is 1. The van der Waals surface area contributed by atoms with Crippen molar-refractivity contribution in [2.45, 2.75) is 95.2 Å². The second-order valence-corrected chi connectivity index (χ2v) is 16.5. The van der Waals surface area contributed by atoms with E-state index in [9.17, 15) is 18.0 Å². The molecule has 1 N–H and O–H groups in total. The number of amides is 2. The predicted molar refractivity (Wildman–Crippen MR) is 132 cm³/mol. The average molecular weight is 532 g/mol. The first-order valence-corrected chi connectivity index (χ1v) is 15.2. The number of nitrogens with zero attached hydrogens (tertiary/aromatic N) is 4. The van der Waals surface area contributed by atoms with Crippen LogP contribution < -0.4 is 10.2 Å². The molecule has 2 aromatic rings. The summed E-state index contributed by atoms with van der Waals surface area (Å²) in [6, 6.07) is 0.531. The molecule has 0 unspecified atom stereocenters. The molecule has 1 aliphatic carbocycles. The minimum atomic E-state index is -4.62. The van der Waals surface area contributed by atoms with Crippen molar-refractivity contribution in [3.63, 3.8) is 0 Å². The first-order valence-electron chi connectivity index (χ1n) is 11.9. The van der Waals surface area contributed by atoms with Crippen molar-refractivity contribution in [1.29, 1.82) is 0 Å². The predicted octanol–water partition coefficient (Wildman–Crippen LogP) is 6.07. The molecular formula is C23H33ClF3N5O2Si. The van der Waals surface area contributed by atoms with Gasteiger partial charge in [0.1, 0.15) is 5.41 Å². The number of hydrogen-bond acceptors (Lipinski definition) is 4. The number of urea groups is 1. The van der Waals surface area contributed by atoms with E-state index in [0.717, 1.165) is 35.6 Å². The molecule has 0 bridgehead atoms. The number of carbonyl (C=O) groups is 1. The lowest BCUT2D eigenvalue weighted by Gasteiger charge is -2.43. The van der Waals surface area contributed by atoms with Crippen LogP contribution in [0.4, 0.5) is 23.7 Å². The van der Waals surface area contributed by atoms with Gasteiger partial charge in [0.2, 0.25) is 0 Å². The fourth-order valence-corrected chi connectivity index (χ4v) is 6.25. The van der Waals surface area contributed by atoms with Crippen LogP contribution in [-0.4, -0.2) is 53.8 Å². The van der Waals surface area contributed by atoms with Gasteiger partial charge in [-0.05, 0) is 37.9 Å². The van der Waals surface area contributed by atoms with Gasteiger partial charge in [-0.2, -0.15) is 18.3 Å². The highest BCUT2D eigenvalue weighted by molar-refractivity contribution is 6.74. The Hall–Kier alpha value is -1.85. The maximum Gasteiger partial charge on any atom is 0.401 e. The summed E-state index contributed by atoms with van der Waals surface area (Å²) in [6.07, 6.45) is -0.0580. The fourth-order valence-electron chi connectivity index (χ4n) is 4.69. The molecule has 4 rings (SSSR count). The molecule has 3 atom stereocenters. The Bertz CT molecular complexity index is 1130. The monoisotopic (exact) mass is 531 g/mol. The first-order chi connectivity index (χ1) is 16.0. The zero-order chi connectivity index (χ0) is 26.0. The van der Waals surface area contributed by atoms with E-state index in [0.29, 0.717) is 6.42 Å². The van der Waals surface area contributed by atoms with Gasteiger partial charge in [0, 0.05) is 12.6 Å². The number of aromatic nitrogens is 3. The van der Waals surface area contributed by atoms with Gasteiger partial charge in [0.25, 0.3) is 0 Å². The number of fused-ring (bicyclic) bond motifs is 3. The molecule has 1 aliphatic heterocycles. The number of anilines is 1. The Labute approximate surface area is 209 Å². The third-order valence-electron chi connectivity index (χ3n) is 7.86. The molecule has 0 saturated heterocycles. The summed E-state index contributed by atoms with van der Waals surface area (Å²) in [5.41, 5.74) is -2.21. The molecule has 7 nitrogen and oxygen atoms in total. The highest BCUT2D eigenvalue weighted by Crippen LogP contribution is 2.50. The van der Waals surface area contributed by atoms with Crippen molar-refractivity contribution >= 4 is 37.3 Å². The second kappa shape index (κ2) is 8.62. The van der Waals surface area contributed by atoms with Crippen molar-refractivity contribution in [2.75, 3.05) is 11.4 Å². The van der Waals surface area contributed by atoms with Crippen LogP contribution in [0, 0.1) is 0 Å². The van der Waals surface area contributed by atoms with Crippen LogP contribution in [0.5, 0.6) is 0 Å². The first kappa shape index (κ1) is 26.2. The van der Waals surface area contributed by atoms with Gasteiger partial charge in [-0.15, -0.1) is 0 Å². The summed E-state index contributed by atoms with van der Waals surface area (Å²) in [5.74, 6) is 0. The van der Waals surface area contributed by atoms with Crippen LogP contribution in [0.1, 0.15) is 59.1 Å². The van der Waals surface area contributed by atoms with E-state index >= 15 is 0 Å². The number of rotatable bonds is 3. The minimum absolute atomic E-state index is 0.00347. The molecule has 0 aromatic carbocycles. The van der Waals surface area contributed by atoms with Crippen LogP contribution in [0.2, 0.25) is 23.3 Å².